The Kier molecular flexibility index (Phi) is 8.02. The van der Waals surface area contributed by atoms with Gasteiger partial charge >= 0.3 is 0 Å². The predicted octanol–water partition coefficient (Wildman–Crippen LogP) is 3.73. The number of hydrogen-bond acceptors (Lipinski definition) is 6. The predicted molar refractivity (Wildman–Crippen MR) is 135 cm³/mol. The molecule has 4 rings (SSSR count). The summed E-state index contributed by atoms with van der Waals surface area (Å²) in [6.45, 7) is 3.60. The zero-order valence-corrected chi connectivity index (χ0v) is 20.3. The van der Waals surface area contributed by atoms with Crippen LogP contribution >= 0.6 is 0 Å². The van der Waals surface area contributed by atoms with Gasteiger partial charge in [0.2, 0.25) is 15.9 Å². The van der Waals surface area contributed by atoms with Gasteiger partial charge in [0.1, 0.15) is 18.4 Å². The fourth-order valence-corrected chi connectivity index (χ4v) is 5.08. The number of ether oxygens (including phenoxy) is 2. The third kappa shape index (κ3) is 6.60. The van der Waals surface area contributed by atoms with Gasteiger partial charge in [-0.3, -0.25) is 4.79 Å². The number of carbonyl (C=O) groups is 1. The lowest BCUT2D eigenvalue weighted by Crippen LogP contribution is -2.40. The molecule has 1 saturated heterocycles. The van der Waals surface area contributed by atoms with Gasteiger partial charge in [-0.05, 0) is 55.0 Å². The average molecular weight is 496 g/mol. The average Bonchev–Trinajstić information content (AvgIpc) is 2.89. The first-order valence-electron chi connectivity index (χ1n) is 11.4. The summed E-state index contributed by atoms with van der Waals surface area (Å²) in [5.41, 5.74) is 2.27. The van der Waals surface area contributed by atoms with E-state index in [4.69, 9.17) is 9.47 Å². The minimum atomic E-state index is -3.64. The van der Waals surface area contributed by atoms with Crippen LogP contribution in [-0.4, -0.2) is 51.0 Å². The lowest BCUT2D eigenvalue weighted by Gasteiger charge is -2.26. The van der Waals surface area contributed by atoms with E-state index in [1.165, 1.54) is 16.4 Å². The molecule has 2 N–H and O–H groups in total. The van der Waals surface area contributed by atoms with Crippen LogP contribution in [0.1, 0.15) is 12.5 Å². The largest absolute Gasteiger partial charge is 0.489 e. The van der Waals surface area contributed by atoms with E-state index in [0.717, 1.165) is 17.0 Å². The summed E-state index contributed by atoms with van der Waals surface area (Å²) in [5.74, 6) is 0.449. The van der Waals surface area contributed by atoms with Crippen LogP contribution < -0.4 is 15.4 Å². The molecule has 3 aromatic rings. The van der Waals surface area contributed by atoms with E-state index in [1.807, 2.05) is 54.6 Å². The van der Waals surface area contributed by atoms with Gasteiger partial charge in [0, 0.05) is 24.5 Å². The smallest absolute Gasteiger partial charge is 0.246 e. The minimum Gasteiger partial charge on any atom is -0.489 e. The van der Waals surface area contributed by atoms with Crippen LogP contribution in [0.3, 0.4) is 0 Å². The minimum absolute atomic E-state index is 0.143. The maximum Gasteiger partial charge on any atom is 0.246 e. The van der Waals surface area contributed by atoms with Gasteiger partial charge in [-0.15, -0.1) is 0 Å². The molecule has 0 spiro atoms. The molecule has 0 aliphatic carbocycles. The highest BCUT2D eigenvalue weighted by molar-refractivity contribution is 7.89. The second-order valence-electron chi connectivity index (χ2n) is 8.20. The zero-order chi connectivity index (χ0) is 24.7. The molecular formula is C26H29N3O5S. The van der Waals surface area contributed by atoms with Crippen molar-refractivity contribution in [2.24, 2.45) is 0 Å². The summed E-state index contributed by atoms with van der Waals surface area (Å²) in [7, 11) is -3.64. The molecule has 0 saturated carbocycles. The molecule has 35 heavy (non-hydrogen) atoms. The quantitative estimate of drug-likeness (QED) is 0.470. The first kappa shape index (κ1) is 24.7. The van der Waals surface area contributed by atoms with Gasteiger partial charge in [0.05, 0.1) is 18.1 Å². The van der Waals surface area contributed by atoms with Gasteiger partial charge in [-0.25, -0.2) is 8.42 Å². The fourth-order valence-electron chi connectivity index (χ4n) is 3.62. The maximum atomic E-state index is 12.9. The van der Waals surface area contributed by atoms with Crippen molar-refractivity contribution in [1.29, 1.82) is 0 Å². The monoisotopic (exact) mass is 495 g/mol. The summed E-state index contributed by atoms with van der Waals surface area (Å²) in [6, 6.07) is 23.0. The number of rotatable bonds is 9. The summed E-state index contributed by atoms with van der Waals surface area (Å²) in [4.78, 5) is 12.9. The molecule has 0 bridgehead atoms. The molecule has 0 radical (unpaired) electrons. The number of sulfonamides is 1. The molecule has 8 nitrogen and oxygen atoms in total. The van der Waals surface area contributed by atoms with Crippen LogP contribution in [-0.2, 0) is 26.2 Å². The Morgan fingerprint density at radius 1 is 0.971 bits per heavy atom. The van der Waals surface area contributed by atoms with Crippen molar-refractivity contribution >= 4 is 27.3 Å². The fraction of sp³-hybridized carbons (Fsp3) is 0.269. The van der Waals surface area contributed by atoms with Crippen LogP contribution in [0.25, 0.3) is 0 Å². The molecule has 1 fully saturated rings. The van der Waals surface area contributed by atoms with Gasteiger partial charge < -0.3 is 20.1 Å². The number of anilines is 2. The van der Waals surface area contributed by atoms with Crippen molar-refractivity contribution in [1.82, 2.24) is 4.31 Å². The van der Waals surface area contributed by atoms with Gasteiger partial charge in [-0.2, -0.15) is 4.31 Å². The Hall–Kier alpha value is -3.40. The van der Waals surface area contributed by atoms with Crippen molar-refractivity contribution in [3.8, 4) is 5.75 Å². The first-order chi connectivity index (χ1) is 16.9. The number of nitrogens with one attached hydrogen (secondary N) is 2. The molecule has 1 amide bonds. The normalized spacial score (nSPS) is 15.2. The van der Waals surface area contributed by atoms with Crippen LogP contribution in [0.5, 0.6) is 5.75 Å². The molecular weight excluding hydrogens is 466 g/mol. The van der Waals surface area contributed by atoms with Crippen molar-refractivity contribution in [2.45, 2.75) is 24.5 Å². The SMILES string of the molecule is CC(Nc1ccc(OCc2ccccc2)cc1)C(=O)Nc1cccc(S(=O)(=O)N2CCOCC2)c1. The Balaban J connectivity index is 1.32. The second-order valence-corrected chi connectivity index (χ2v) is 10.1. The molecule has 1 aliphatic heterocycles. The first-order valence-corrected chi connectivity index (χ1v) is 12.9. The van der Waals surface area contributed by atoms with Gasteiger partial charge in [0.25, 0.3) is 0 Å². The highest BCUT2D eigenvalue weighted by Crippen LogP contribution is 2.22. The summed E-state index contributed by atoms with van der Waals surface area (Å²) < 4.78 is 38.2. The molecule has 1 heterocycles. The second kappa shape index (κ2) is 11.4. The lowest BCUT2D eigenvalue weighted by atomic mass is 10.2. The van der Waals surface area contributed by atoms with Gasteiger partial charge in [0.15, 0.2) is 0 Å². The third-order valence-corrected chi connectivity index (χ3v) is 7.48. The van der Waals surface area contributed by atoms with E-state index in [0.29, 0.717) is 38.6 Å². The highest BCUT2D eigenvalue weighted by atomic mass is 32.2. The molecule has 0 aromatic heterocycles. The standard InChI is InChI=1S/C26H29N3O5S/c1-20(27-22-10-12-24(13-11-22)34-19-21-6-3-2-4-7-21)26(30)28-23-8-5-9-25(18-23)35(31,32)29-14-16-33-17-15-29/h2-13,18,20,27H,14-17,19H2,1H3,(H,28,30). The van der Waals surface area contributed by atoms with E-state index in [-0.39, 0.29) is 10.8 Å². The van der Waals surface area contributed by atoms with Crippen molar-refractivity contribution < 1.29 is 22.7 Å². The van der Waals surface area contributed by atoms with E-state index in [2.05, 4.69) is 10.6 Å². The molecule has 184 valence electrons. The number of amides is 1. The van der Waals surface area contributed by atoms with E-state index < -0.39 is 16.1 Å². The number of nitrogens with zero attached hydrogens (tertiary/aromatic N) is 1. The zero-order valence-electron chi connectivity index (χ0n) is 19.5. The highest BCUT2D eigenvalue weighted by Gasteiger charge is 2.26. The van der Waals surface area contributed by atoms with Crippen LogP contribution in [0.2, 0.25) is 0 Å². The van der Waals surface area contributed by atoms with Gasteiger partial charge in [-0.1, -0.05) is 36.4 Å². The summed E-state index contributed by atoms with van der Waals surface area (Å²) in [5, 5.41) is 5.94. The molecule has 1 atom stereocenters. The maximum absolute atomic E-state index is 12.9. The third-order valence-electron chi connectivity index (χ3n) is 5.59. The van der Waals surface area contributed by atoms with Crippen molar-refractivity contribution in [3.63, 3.8) is 0 Å². The molecule has 1 unspecified atom stereocenters. The molecule has 3 aromatic carbocycles. The van der Waals surface area contributed by atoms with E-state index >= 15 is 0 Å². The summed E-state index contributed by atoms with van der Waals surface area (Å²) in [6.07, 6.45) is 0. The summed E-state index contributed by atoms with van der Waals surface area (Å²) >= 11 is 0. The van der Waals surface area contributed by atoms with Crippen LogP contribution in [0, 0.1) is 0 Å². The van der Waals surface area contributed by atoms with Crippen molar-refractivity contribution in [2.75, 3.05) is 36.9 Å². The Bertz CT molecular complexity index is 1230. The lowest BCUT2D eigenvalue weighted by molar-refractivity contribution is -0.116. The molecule has 1 aliphatic rings. The van der Waals surface area contributed by atoms with E-state index in [9.17, 15) is 13.2 Å². The topological polar surface area (TPSA) is 97.0 Å². The molecule has 9 heteroatoms. The van der Waals surface area contributed by atoms with E-state index in [1.54, 1.807) is 19.1 Å². The number of benzene rings is 3. The Morgan fingerprint density at radius 3 is 2.40 bits per heavy atom. The number of morpholine rings is 1. The number of carbonyl (C=O) groups excluding carboxylic acids is 1. The number of hydrogen-bond donors (Lipinski definition) is 2. The van der Waals surface area contributed by atoms with Crippen LogP contribution in [0.4, 0.5) is 11.4 Å². The van der Waals surface area contributed by atoms with Crippen LogP contribution in [0.15, 0.2) is 83.8 Å². The Morgan fingerprint density at radius 2 is 1.69 bits per heavy atom. The van der Waals surface area contributed by atoms with Crippen molar-refractivity contribution in [3.05, 3.63) is 84.4 Å². The Labute approximate surface area is 205 Å².